The van der Waals surface area contributed by atoms with E-state index >= 15 is 0 Å². The zero-order valence-electron chi connectivity index (χ0n) is 20.1. The molecule has 4 aliphatic rings. The summed E-state index contributed by atoms with van der Waals surface area (Å²) in [5.41, 5.74) is -1.74. The van der Waals surface area contributed by atoms with Gasteiger partial charge in [-0.05, 0) is 37.6 Å². The number of hydrogen-bond donors (Lipinski definition) is 1. The number of aliphatic hydroxyl groups is 1. The van der Waals surface area contributed by atoms with Crippen LogP contribution in [0.25, 0.3) is 0 Å². The van der Waals surface area contributed by atoms with Crippen molar-refractivity contribution in [2.75, 3.05) is 31.6 Å². The van der Waals surface area contributed by atoms with Crippen molar-refractivity contribution < 1.29 is 24.2 Å². The molecule has 4 heterocycles. The van der Waals surface area contributed by atoms with Gasteiger partial charge in [-0.2, -0.15) is 0 Å². The molecule has 1 aromatic carbocycles. The summed E-state index contributed by atoms with van der Waals surface area (Å²) >= 11 is 6.07. The number of hydrogen-bond acceptors (Lipinski definition) is 5. The van der Waals surface area contributed by atoms with Gasteiger partial charge in [0.15, 0.2) is 0 Å². The minimum atomic E-state index is -1.34. The molecule has 1 spiro atoms. The number of fused-ring (bicyclic) bond motifs is 2. The molecule has 8 nitrogen and oxygen atoms in total. The van der Waals surface area contributed by atoms with Crippen LogP contribution in [0.4, 0.5) is 5.69 Å². The number of likely N-dealkylation sites (N-methyl/N-ethyl adjacent to an activating group) is 1. The lowest BCUT2D eigenvalue weighted by molar-refractivity contribution is -0.150. The highest BCUT2D eigenvalue weighted by Gasteiger charge is 2.75. The van der Waals surface area contributed by atoms with E-state index in [1.807, 2.05) is 32.1 Å². The Morgan fingerprint density at radius 3 is 2.40 bits per heavy atom. The van der Waals surface area contributed by atoms with Crippen LogP contribution in [-0.4, -0.2) is 82.7 Å². The quantitative estimate of drug-likeness (QED) is 0.640. The molecule has 1 aromatic rings. The van der Waals surface area contributed by atoms with Gasteiger partial charge in [0.2, 0.25) is 11.8 Å². The number of ether oxygens (including phenoxy) is 1. The van der Waals surface area contributed by atoms with E-state index in [0.29, 0.717) is 23.7 Å². The fourth-order valence-corrected chi connectivity index (χ4v) is 6.37. The first-order chi connectivity index (χ1) is 16.7. The smallest absolute Gasteiger partial charge is 0.253 e. The number of benzene rings is 1. The van der Waals surface area contributed by atoms with Gasteiger partial charge in [-0.15, -0.1) is 0 Å². The summed E-state index contributed by atoms with van der Waals surface area (Å²) in [6, 6.07) is 5.33. The van der Waals surface area contributed by atoms with E-state index in [1.165, 1.54) is 4.90 Å². The molecule has 5 rings (SSSR count). The summed E-state index contributed by atoms with van der Waals surface area (Å²) in [7, 11) is 1.71. The Hall–Kier alpha value is -2.68. The second kappa shape index (κ2) is 8.47. The minimum absolute atomic E-state index is 0.190. The van der Waals surface area contributed by atoms with Crippen molar-refractivity contribution >= 4 is 35.0 Å². The maximum absolute atomic E-state index is 14.2. The number of halogens is 1. The van der Waals surface area contributed by atoms with E-state index in [-0.39, 0.29) is 30.9 Å². The largest absolute Gasteiger partial charge is 0.394 e. The lowest BCUT2D eigenvalue weighted by Gasteiger charge is -2.40. The first-order valence-electron chi connectivity index (χ1n) is 12.0. The average molecular weight is 500 g/mol. The molecule has 0 bridgehead atoms. The van der Waals surface area contributed by atoms with Gasteiger partial charge in [0.25, 0.3) is 5.91 Å². The van der Waals surface area contributed by atoms with Crippen LogP contribution in [-0.2, 0) is 19.1 Å². The van der Waals surface area contributed by atoms with Crippen molar-refractivity contribution in [1.29, 1.82) is 0 Å². The fourth-order valence-electron chi connectivity index (χ4n) is 6.24. The van der Waals surface area contributed by atoms with Crippen molar-refractivity contribution in [3.8, 4) is 0 Å². The predicted molar refractivity (Wildman–Crippen MR) is 131 cm³/mol. The Morgan fingerprint density at radius 2 is 1.74 bits per heavy atom. The van der Waals surface area contributed by atoms with Gasteiger partial charge in [-0.3, -0.25) is 14.4 Å². The second-order valence-electron chi connectivity index (χ2n) is 9.94. The van der Waals surface area contributed by atoms with E-state index < -0.39 is 35.1 Å². The van der Waals surface area contributed by atoms with Gasteiger partial charge in [0, 0.05) is 30.8 Å². The standard InChI is InChI=1S/C26H30ClN3O5/c1-4-17(15-31)30-21-24(34)29(18-9-7-16(27)8-10-18)14-6-12-26(21)20(23(30)33)19-22(32)28(3)13-5-11-25(19,2)35-26/h5-12,17,19-21,31H,4,13-15H2,1-3H3/t17-,19+,20-,21?,25-,26-/m0/s1. The molecule has 1 N–H and O–H groups in total. The molecule has 4 aliphatic heterocycles. The van der Waals surface area contributed by atoms with Gasteiger partial charge in [0.1, 0.15) is 11.6 Å². The number of anilines is 1. The third-order valence-electron chi connectivity index (χ3n) is 7.91. The zero-order chi connectivity index (χ0) is 25.1. The molecule has 9 heteroatoms. The highest BCUT2D eigenvalue weighted by atomic mass is 35.5. The summed E-state index contributed by atoms with van der Waals surface area (Å²) in [5, 5.41) is 10.7. The lowest BCUT2D eigenvalue weighted by atomic mass is 9.74. The number of aliphatic hydroxyl groups excluding tert-OH is 1. The highest BCUT2D eigenvalue weighted by Crippen LogP contribution is 2.58. The van der Waals surface area contributed by atoms with E-state index in [2.05, 4.69) is 0 Å². The Labute approximate surface area is 209 Å². The lowest BCUT2D eigenvalue weighted by Crippen LogP contribution is -2.58. The molecule has 3 amide bonds. The molecule has 0 aliphatic carbocycles. The minimum Gasteiger partial charge on any atom is -0.394 e. The van der Waals surface area contributed by atoms with Crippen LogP contribution in [0.3, 0.4) is 0 Å². The SMILES string of the molecule is CC[C@@H](CO)N1C(=O)[C@@H]2[C@@H]3C(=O)N(C)CC=C[C@]3(C)O[C@@]23C=CCN(c2ccc(Cl)cc2)C(=O)C13. The Morgan fingerprint density at radius 1 is 1.06 bits per heavy atom. The molecule has 0 radical (unpaired) electrons. The molecule has 2 saturated heterocycles. The van der Waals surface area contributed by atoms with Crippen LogP contribution in [0.1, 0.15) is 20.3 Å². The third-order valence-corrected chi connectivity index (χ3v) is 8.16. The summed E-state index contributed by atoms with van der Waals surface area (Å²) in [6.45, 7) is 4.08. The van der Waals surface area contributed by atoms with Crippen molar-refractivity contribution in [3.63, 3.8) is 0 Å². The van der Waals surface area contributed by atoms with Crippen LogP contribution < -0.4 is 4.90 Å². The highest BCUT2D eigenvalue weighted by molar-refractivity contribution is 6.30. The maximum Gasteiger partial charge on any atom is 0.253 e. The van der Waals surface area contributed by atoms with Crippen molar-refractivity contribution in [2.24, 2.45) is 11.8 Å². The number of amides is 3. The van der Waals surface area contributed by atoms with Gasteiger partial charge in [-0.1, -0.05) is 42.8 Å². The first kappa shape index (κ1) is 24.0. The molecule has 2 fully saturated rings. The number of nitrogens with zero attached hydrogens (tertiary/aromatic N) is 3. The van der Waals surface area contributed by atoms with E-state index in [0.717, 1.165) is 0 Å². The average Bonchev–Trinajstić information content (AvgIpc) is 3.11. The van der Waals surface area contributed by atoms with E-state index in [4.69, 9.17) is 16.3 Å². The summed E-state index contributed by atoms with van der Waals surface area (Å²) < 4.78 is 6.73. The topological polar surface area (TPSA) is 90.4 Å². The zero-order valence-corrected chi connectivity index (χ0v) is 20.8. The van der Waals surface area contributed by atoms with Crippen LogP contribution in [0.15, 0.2) is 48.6 Å². The Kier molecular flexibility index (Phi) is 5.81. The monoisotopic (exact) mass is 499 g/mol. The number of carbonyl (C=O) groups excluding carboxylic acids is 3. The fraction of sp³-hybridized carbons (Fsp3) is 0.500. The van der Waals surface area contributed by atoms with Crippen molar-refractivity contribution in [2.45, 2.75) is 43.6 Å². The third kappa shape index (κ3) is 3.37. The molecule has 35 heavy (non-hydrogen) atoms. The number of rotatable bonds is 4. The summed E-state index contributed by atoms with van der Waals surface area (Å²) in [5.74, 6) is -2.52. The van der Waals surface area contributed by atoms with Crippen molar-refractivity contribution in [1.82, 2.24) is 9.80 Å². The predicted octanol–water partition coefficient (Wildman–Crippen LogP) is 2.01. The molecule has 6 atom stereocenters. The maximum atomic E-state index is 14.2. The summed E-state index contributed by atoms with van der Waals surface area (Å²) in [4.78, 5) is 46.6. The van der Waals surface area contributed by atoms with Gasteiger partial charge >= 0.3 is 0 Å². The molecular formula is C26H30ClN3O5. The van der Waals surface area contributed by atoms with Crippen LogP contribution in [0.5, 0.6) is 0 Å². The normalized spacial score (nSPS) is 35.1. The first-order valence-corrected chi connectivity index (χ1v) is 12.4. The molecule has 1 unspecified atom stereocenters. The van der Waals surface area contributed by atoms with Gasteiger partial charge in [-0.25, -0.2) is 0 Å². The van der Waals surface area contributed by atoms with Crippen molar-refractivity contribution in [3.05, 3.63) is 53.6 Å². The summed E-state index contributed by atoms with van der Waals surface area (Å²) in [6.07, 6.45) is 7.82. The van der Waals surface area contributed by atoms with Crippen LogP contribution in [0, 0.1) is 11.8 Å². The molecule has 186 valence electrons. The van der Waals surface area contributed by atoms with E-state index in [1.54, 1.807) is 47.2 Å². The Balaban J connectivity index is 1.68. The second-order valence-corrected chi connectivity index (χ2v) is 10.4. The van der Waals surface area contributed by atoms with Crippen LogP contribution in [0.2, 0.25) is 5.02 Å². The molecule has 0 aromatic heterocycles. The van der Waals surface area contributed by atoms with E-state index in [9.17, 15) is 19.5 Å². The molecule has 0 saturated carbocycles. The van der Waals surface area contributed by atoms with Crippen LogP contribution >= 0.6 is 11.6 Å². The number of likely N-dealkylation sites (tertiary alicyclic amines) is 1. The van der Waals surface area contributed by atoms with Gasteiger partial charge < -0.3 is 24.5 Å². The van der Waals surface area contributed by atoms with Gasteiger partial charge in [0.05, 0.1) is 30.1 Å². The molecular weight excluding hydrogens is 470 g/mol. The number of carbonyl (C=O) groups is 3. The Bertz CT molecular complexity index is 1120.